The van der Waals surface area contributed by atoms with E-state index in [-0.39, 0.29) is 11.4 Å². The van der Waals surface area contributed by atoms with Gasteiger partial charge in [-0.3, -0.25) is 4.79 Å². The minimum absolute atomic E-state index is 0.0798. The zero-order chi connectivity index (χ0) is 22.5. The molecule has 1 unspecified atom stereocenters. The molecule has 2 aliphatic heterocycles. The molecule has 0 aliphatic carbocycles. The summed E-state index contributed by atoms with van der Waals surface area (Å²) in [4.78, 5) is 20.1. The Hall–Kier alpha value is -2.24. The van der Waals surface area contributed by atoms with E-state index in [0.29, 0.717) is 21.0 Å². The Labute approximate surface area is 193 Å². The normalized spacial score (nSPS) is 22.7. The molecule has 0 aromatic heterocycles. The smallest absolute Gasteiger partial charge is 0.264 e. The molecule has 162 valence electrons. The Morgan fingerprint density at radius 2 is 1.87 bits per heavy atom. The zero-order valence-electron chi connectivity index (χ0n) is 18.8. The molecule has 0 spiro atoms. The number of thioether (sulfide) groups is 1. The molecule has 2 aliphatic rings. The maximum Gasteiger partial charge on any atom is 0.264 e. The predicted molar refractivity (Wildman–Crippen MR) is 134 cm³/mol. The number of hydrogen-bond donors (Lipinski definition) is 1. The molecular weight excluding hydrogens is 426 g/mol. The van der Waals surface area contributed by atoms with E-state index in [9.17, 15) is 4.79 Å². The molecule has 2 aromatic rings. The Morgan fingerprint density at radius 1 is 1.19 bits per heavy atom. The lowest BCUT2D eigenvalue weighted by Gasteiger charge is -2.45. The lowest BCUT2D eigenvalue weighted by Crippen LogP contribution is -2.45. The summed E-state index contributed by atoms with van der Waals surface area (Å²) in [5.41, 5.74) is 6.51. The van der Waals surface area contributed by atoms with Gasteiger partial charge in [0.15, 0.2) is 5.17 Å². The van der Waals surface area contributed by atoms with Crippen molar-refractivity contribution in [3.05, 3.63) is 62.5 Å². The highest BCUT2D eigenvalue weighted by Crippen LogP contribution is 2.45. The summed E-state index contributed by atoms with van der Waals surface area (Å²) in [6.07, 6.45) is 2.94. The first kappa shape index (κ1) is 22.0. The fourth-order valence-corrected chi connectivity index (χ4v) is 5.51. The van der Waals surface area contributed by atoms with Gasteiger partial charge in [0.25, 0.3) is 5.91 Å². The summed E-state index contributed by atoms with van der Waals surface area (Å²) in [6, 6.07) is 10.3. The third-order valence-electron chi connectivity index (χ3n) is 6.13. The largest absolute Gasteiger partial charge is 0.369 e. The number of anilines is 1. The molecule has 1 amide bonds. The van der Waals surface area contributed by atoms with Gasteiger partial charge in [-0.25, -0.2) is 4.99 Å². The Bertz CT molecular complexity index is 1120. The van der Waals surface area contributed by atoms with Gasteiger partial charge in [-0.1, -0.05) is 24.6 Å². The highest BCUT2D eigenvalue weighted by molar-refractivity contribution is 8.18. The van der Waals surface area contributed by atoms with E-state index in [1.54, 1.807) is 0 Å². The van der Waals surface area contributed by atoms with Crippen LogP contribution in [0, 0.1) is 13.8 Å². The number of hydrogen-bond acceptors (Lipinski definition) is 4. The van der Waals surface area contributed by atoms with Crippen LogP contribution in [0.3, 0.4) is 0 Å². The van der Waals surface area contributed by atoms with Crippen LogP contribution in [0.25, 0.3) is 6.08 Å². The Kier molecular flexibility index (Phi) is 5.69. The molecule has 1 atom stereocenters. The number of aliphatic imine (C=N–C) groups is 1. The summed E-state index contributed by atoms with van der Waals surface area (Å²) in [7, 11) is 2.12. The summed E-state index contributed by atoms with van der Waals surface area (Å²) >= 11 is 8.00. The molecular formula is C25H28ClN3OS. The van der Waals surface area contributed by atoms with Crippen molar-refractivity contribution in [3.8, 4) is 0 Å². The number of amides is 1. The number of aryl methyl sites for hydroxylation is 2. The van der Waals surface area contributed by atoms with Crippen molar-refractivity contribution in [3.63, 3.8) is 0 Å². The minimum atomic E-state index is -0.145. The SMILES string of the molecule is Cc1cc(C)cc(N=C2NC(=O)/C(=C\c3cc4c(cc3Cl)N(C)C(C)(C)CC4C)S2)c1. The van der Waals surface area contributed by atoms with Crippen LogP contribution in [0.1, 0.15) is 55.4 Å². The topological polar surface area (TPSA) is 44.7 Å². The first-order valence-electron chi connectivity index (χ1n) is 10.5. The molecule has 2 aromatic carbocycles. The van der Waals surface area contributed by atoms with E-state index in [0.717, 1.165) is 34.5 Å². The molecule has 31 heavy (non-hydrogen) atoms. The first-order valence-corrected chi connectivity index (χ1v) is 11.7. The van der Waals surface area contributed by atoms with E-state index < -0.39 is 0 Å². The van der Waals surface area contributed by atoms with Crippen molar-refractivity contribution in [1.82, 2.24) is 5.32 Å². The maximum absolute atomic E-state index is 12.6. The molecule has 0 radical (unpaired) electrons. The lowest BCUT2D eigenvalue weighted by atomic mass is 9.80. The lowest BCUT2D eigenvalue weighted by molar-refractivity contribution is -0.115. The van der Waals surface area contributed by atoms with Crippen molar-refractivity contribution in [1.29, 1.82) is 0 Å². The van der Waals surface area contributed by atoms with Gasteiger partial charge < -0.3 is 10.2 Å². The van der Waals surface area contributed by atoms with Gasteiger partial charge in [0.2, 0.25) is 0 Å². The van der Waals surface area contributed by atoms with Crippen LogP contribution in [-0.2, 0) is 4.79 Å². The van der Waals surface area contributed by atoms with Gasteiger partial charge in [-0.15, -0.1) is 0 Å². The van der Waals surface area contributed by atoms with Crippen LogP contribution >= 0.6 is 23.4 Å². The number of nitrogens with one attached hydrogen (secondary N) is 1. The van der Waals surface area contributed by atoms with Crippen LogP contribution in [0.15, 0.2) is 40.2 Å². The molecule has 0 bridgehead atoms. The van der Waals surface area contributed by atoms with Gasteiger partial charge in [-0.2, -0.15) is 0 Å². The Morgan fingerprint density at radius 3 is 2.55 bits per heavy atom. The zero-order valence-corrected chi connectivity index (χ0v) is 20.4. The van der Waals surface area contributed by atoms with Gasteiger partial charge in [-0.05, 0) is 104 Å². The number of benzene rings is 2. The van der Waals surface area contributed by atoms with Gasteiger partial charge in [0, 0.05) is 23.3 Å². The fraction of sp³-hybridized carbons (Fsp3) is 0.360. The van der Waals surface area contributed by atoms with Gasteiger partial charge >= 0.3 is 0 Å². The number of nitrogens with zero attached hydrogens (tertiary/aromatic N) is 2. The maximum atomic E-state index is 12.6. The third-order valence-corrected chi connectivity index (χ3v) is 7.36. The van der Waals surface area contributed by atoms with Crippen molar-refractivity contribution in [2.24, 2.45) is 4.99 Å². The summed E-state index contributed by atoms with van der Waals surface area (Å²) in [5, 5.41) is 4.11. The molecule has 4 rings (SSSR count). The molecule has 1 N–H and O–H groups in total. The van der Waals surface area contributed by atoms with E-state index in [1.807, 2.05) is 38.1 Å². The molecule has 2 heterocycles. The second-order valence-corrected chi connectivity index (χ2v) is 10.7. The van der Waals surface area contributed by atoms with E-state index in [2.05, 4.69) is 55.2 Å². The van der Waals surface area contributed by atoms with Crippen molar-refractivity contribution in [2.75, 3.05) is 11.9 Å². The van der Waals surface area contributed by atoms with Gasteiger partial charge in [0.1, 0.15) is 0 Å². The average molecular weight is 454 g/mol. The first-order chi connectivity index (χ1) is 14.5. The summed E-state index contributed by atoms with van der Waals surface area (Å²) in [5.74, 6) is 0.274. The number of rotatable bonds is 2. The van der Waals surface area contributed by atoms with Crippen molar-refractivity contribution < 1.29 is 4.79 Å². The minimum Gasteiger partial charge on any atom is -0.369 e. The molecule has 1 saturated heterocycles. The quantitative estimate of drug-likeness (QED) is 0.523. The predicted octanol–water partition coefficient (Wildman–Crippen LogP) is 6.57. The highest BCUT2D eigenvalue weighted by atomic mass is 35.5. The summed E-state index contributed by atoms with van der Waals surface area (Å²) in [6.45, 7) is 10.8. The van der Waals surface area contributed by atoms with Crippen LogP contribution in [-0.4, -0.2) is 23.7 Å². The van der Waals surface area contributed by atoms with Crippen molar-refractivity contribution in [2.45, 2.75) is 52.5 Å². The monoisotopic (exact) mass is 453 g/mol. The Balaban J connectivity index is 1.66. The fourth-order valence-electron chi connectivity index (χ4n) is 4.47. The molecule has 6 heteroatoms. The number of fused-ring (bicyclic) bond motifs is 1. The van der Waals surface area contributed by atoms with Crippen LogP contribution < -0.4 is 10.2 Å². The van der Waals surface area contributed by atoms with E-state index >= 15 is 0 Å². The second-order valence-electron chi connectivity index (χ2n) is 9.24. The van der Waals surface area contributed by atoms with E-state index in [1.165, 1.54) is 17.3 Å². The number of carbonyl (C=O) groups excluding carboxylic acids is 1. The molecule has 0 saturated carbocycles. The van der Waals surface area contributed by atoms with Gasteiger partial charge in [0.05, 0.1) is 10.6 Å². The van der Waals surface area contributed by atoms with E-state index in [4.69, 9.17) is 11.6 Å². The van der Waals surface area contributed by atoms with Crippen LogP contribution in [0.2, 0.25) is 5.02 Å². The number of amidine groups is 1. The van der Waals surface area contributed by atoms with Crippen molar-refractivity contribution >= 4 is 51.9 Å². The summed E-state index contributed by atoms with van der Waals surface area (Å²) < 4.78 is 0. The third kappa shape index (κ3) is 4.39. The standard InChI is InChI=1S/C25H28ClN3OS/c1-14-7-15(2)9-18(8-14)27-24-28-23(30)22(31-24)11-17-10-19-16(3)13-25(4,5)29(6)21(19)12-20(17)26/h7-12,16H,13H2,1-6H3,(H,27,28,30)/b22-11+. The number of carbonyl (C=O) groups is 1. The van der Waals surface area contributed by atoms with Crippen LogP contribution in [0.5, 0.6) is 0 Å². The average Bonchev–Trinajstić information content (AvgIpc) is 2.99. The van der Waals surface area contributed by atoms with Crippen LogP contribution in [0.4, 0.5) is 11.4 Å². The molecule has 4 nitrogen and oxygen atoms in total. The number of halogens is 1. The molecule has 1 fully saturated rings. The second kappa shape index (κ2) is 8.03. The highest BCUT2D eigenvalue weighted by Gasteiger charge is 2.34.